The molecule has 2 unspecified atom stereocenters. The maximum absolute atomic E-state index is 12.3. The van der Waals surface area contributed by atoms with Gasteiger partial charge in [-0.2, -0.15) is 5.10 Å². The summed E-state index contributed by atoms with van der Waals surface area (Å²) in [5.41, 5.74) is 0.797. The first-order chi connectivity index (χ1) is 10.5. The van der Waals surface area contributed by atoms with Crippen LogP contribution in [0.4, 0.5) is 0 Å². The van der Waals surface area contributed by atoms with Gasteiger partial charge in [-0.25, -0.2) is 9.97 Å². The van der Waals surface area contributed by atoms with Crippen molar-refractivity contribution in [1.82, 2.24) is 25.5 Å². The topological polar surface area (TPSA) is 101 Å². The maximum atomic E-state index is 12.3. The zero-order valence-electron chi connectivity index (χ0n) is 12.8. The molecule has 2 atom stereocenters. The predicted octanol–water partition coefficient (Wildman–Crippen LogP) is 1.27. The standard InChI is InChI=1S/C15H19N5O2/c1-9(2)14(21)20-15(22)10(3)12(11-7-18-19-8-11)13-16-5-4-6-17-13/h4-10,12H,1-3H3,(H,18,19)(H,20,21,22). The van der Waals surface area contributed by atoms with E-state index >= 15 is 0 Å². The zero-order chi connectivity index (χ0) is 16.1. The summed E-state index contributed by atoms with van der Waals surface area (Å²) >= 11 is 0. The summed E-state index contributed by atoms with van der Waals surface area (Å²) in [5, 5.41) is 9.08. The molecule has 0 saturated carbocycles. The smallest absolute Gasteiger partial charge is 0.230 e. The zero-order valence-corrected chi connectivity index (χ0v) is 12.8. The van der Waals surface area contributed by atoms with Crippen LogP contribution in [0.1, 0.15) is 38.1 Å². The van der Waals surface area contributed by atoms with Crippen molar-refractivity contribution in [2.75, 3.05) is 0 Å². The quantitative estimate of drug-likeness (QED) is 0.866. The Morgan fingerprint density at radius 3 is 2.36 bits per heavy atom. The summed E-state index contributed by atoms with van der Waals surface area (Å²) in [6.07, 6.45) is 6.59. The number of amides is 2. The molecular formula is C15H19N5O2. The number of nitrogens with zero attached hydrogens (tertiary/aromatic N) is 3. The van der Waals surface area contributed by atoms with Crippen molar-refractivity contribution in [3.63, 3.8) is 0 Å². The van der Waals surface area contributed by atoms with E-state index in [4.69, 9.17) is 0 Å². The van der Waals surface area contributed by atoms with Gasteiger partial charge in [-0.05, 0) is 6.07 Å². The number of carbonyl (C=O) groups is 2. The molecule has 0 fully saturated rings. The van der Waals surface area contributed by atoms with E-state index in [1.165, 1.54) is 0 Å². The number of aromatic nitrogens is 4. The molecule has 2 heterocycles. The lowest BCUT2D eigenvalue weighted by Crippen LogP contribution is -2.39. The molecule has 0 saturated heterocycles. The molecule has 2 aromatic heterocycles. The van der Waals surface area contributed by atoms with Crippen molar-refractivity contribution in [2.24, 2.45) is 11.8 Å². The fraction of sp³-hybridized carbons (Fsp3) is 0.400. The normalized spacial score (nSPS) is 13.6. The lowest BCUT2D eigenvalue weighted by atomic mass is 9.87. The number of hydrogen-bond acceptors (Lipinski definition) is 5. The second-order valence-corrected chi connectivity index (χ2v) is 5.41. The average Bonchev–Trinajstić information content (AvgIpc) is 3.02. The molecular weight excluding hydrogens is 282 g/mol. The fourth-order valence-corrected chi connectivity index (χ4v) is 2.09. The van der Waals surface area contributed by atoms with Crippen LogP contribution in [-0.4, -0.2) is 32.0 Å². The predicted molar refractivity (Wildman–Crippen MR) is 79.6 cm³/mol. The lowest BCUT2D eigenvalue weighted by Gasteiger charge is -2.21. The van der Waals surface area contributed by atoms with Crippen molar-refractivity contribution < 1.29 is 9.59 Å². The van der Waals surface area contributed by atoms with Crippen LogP contribution in [0, 0.1) is 11.8 Å². The Balaban J connectivity index is 2.26. The lowest BCUT2D eigenvalue weighted by molar-refractivity contribution is -0.134. The van der Waals surface area contributed by atoms with Crippen molar-refractivity contribution in [3.05, 3.63) is 42.2 Å². The van der Waals surface area contributed by atoms with E-state index in [1.807, 2.05) is 0 Å². The monoisotopic (exact) mass is 301 g/mol. The first-order valence-corrected chi connectivity index (χ1v) is 7.11. The van der Waals surface area contributed by atoms with Crippen molar-refractivity contribution in [1.29, 1.82) is 0 Å². The number of hydrogen-bond donors (Lipinski definition) is 2. The van der Waals surface area contributed by atoms with Crippen LogP contribution in [0.3, 0.4) is 0 Å². The van der Waals surface area contributed by atoms with Gasteiger partial charge in [0.2, 0.25) is 11.8 Å². The van der Waals surface area contributed by atoms with Crippen LogP contribution >= 0.6 is 0 Å². The van der Waals surface area contributed by atoms with Crippen LogP contribution in [0.5, 0.6) is 0 Å². The molecule has 0 aliphatic carbocycles. The van der Waals surface area contributed by atoms with Gasteiger partial charge in [0.15, 0.2) is 0 Å². The minimum atomic E-state index is -0.511. The highest BCUT2D eigenvalue weighted by atomic mass is 16.2. The molecule has 0 bridgehead atoms. The third kappa shape index (κ3) is 3.55. The summed E-state index contributed by atoms with van der Waals surface area (Å²) < 4.78 is 0. The Labute approximate surface area is 128 Å². The van der Waals surface area contributed by atoms with E-state index in [-0.39, 0.29) is 23.7 Å². The van der Waals surface area contributed by atoms with Crippen LogP contribution < -0.4 is 5.32 Å². The molecule has 7 heteroatoms. The Morgan fingerprint density at radius 1 is 1.14 bits per heavy atom. The van der Waals surface area contributed by atoms with E-state index < -0.39 is 5.92 Å². The average molecular weight is 301 g/mol. The molecule has 0 aromatic carbocycles. The molecule has 22 heavy (non-hydrogen) atoms. The molecule has 0 aliphatic heterocycles. The Bertz CT molecular complexity index is 625. The summed E-state index contributed by atoms with van der Waals surface area (Å²) in [7, 11) is 0. The van der Waals surface area contributed by atoms with Crippen molar-refractivity contribution in [3.8, 4) is 0 Å². The number of aromatic amines is 1. The molecule has 2 rings (SSSR count). The third-order valence-corrected chi connectivity index (χ3v) is 3.43. The highest BCUT2D eigenvalue weighted by molar-refractivity contribution is 5.97. The van der Waals surface area contributed by atoms with E-state index in [0.717, 1.165) is 5.56 Å². The SMILES string of the molecule is CC(C)C(=O)NC(=O)C(C)C(c1cn[nH]c1)c1ncccn1. The van der Waals surface area contributed by atoms with Crippen LogP contribution in [0.25, 0.3) is 0 Å². The summed E-state index contributed by atoms with van der Waals surface area (Å²) in [5.74, 6) is -1.27. The van der Waals surface area contributed by atoms with Gasteiger partial charge in [-0.3, -0.25) is 20.0 Å². The molecule has 116 valence electrons. The number of H-pyrrole nitrogens is 1. The van der Waals surface area contributed by atoms with Gasteiger partial charge in [-0.15, -0.1) is 0 Å². The van der Waals surface area contributed by atoms with Crippen molar-refractivity contribution >= 4 is 11.8 Å². The molecule has 2 N–H and O–H groups in total. The van der Waals surface area contributed by atoms with E-state index in [0.29, 0.717) is 5.82 Å². The van der Waals surface area contributed by atoms with E-state index in [2.05, 4.69) is 25.5 Å². The minimum Gasteiger partial charge on any atom is -0.296 e. The molecule has 7 nitrogen and oxygen atoms in total. The van der Waals surface area contributed by atoms with Gasteiger partial charge in [0, 0.05) is 36.0 Å². The molecule has 0 spiro atoms. The minimum absolute atomic E-state index is 0.253. The van der Waals surface area contributed by atoms with Crippen molar-refractivity contribution in [2.45, 2.75) is 26.7 Å². The Hall–Kier alpha value is -2.57. The number of imide groups is 1. The maximum Gasteiger partial charge on any atom is 0.230 e. The molecule has 2 amide bonds. The first-order valence-electron chi connectivity index (χ1n) is 7.11. The Morgan fingerprint density at radius 2 is 1.82 bits per heavy atom. The van der Waals surface area contributed by atoms with Crippen LogP contribution in [0.15, 0.2) is 30.9 Å². The molecule has 2 aromatic rings. The summed E-state index contributed by atoms with van der Waals surface area (Å²) in [4.78, 5) is 32.5. The van der Waals surface area contributed by atoms with Gasteiger partial charge < -0.3 is 0 Å². The highest BCUT2D eigenvalue weighted by Crippen LogP contribution is 2.29. The second-order valence-electron chi connectivity index (χ2n) is 5.41. The van der Waals surface area contributed by atoms with Crippen LogP contribution in [0.2, 0.25) is 0 Å². The fourth-order valence-electron chi connectivity index (χ4n) is 2.09. The number of nitrogens with one attached hydrogen (secondary N) is 2. The van der Waals surface area contributed by atoms with Gasteiger partial charge in [0.1, 0.15) is 5.82 Å². The molecule has 0 radical (unpaired) electrons. The van der Waals surface area contributed by atoms with Gasteiger partial charge in [-0.1, -0.05) is 20.8 Å². The molecule has 0 aliphatic rings. The number of carbonyl (C=O) groups excluding carboxylic acids is 2. The van der Waals surface area contributed by atoms with Gasteiger partial charge >= 0.3 is 0 Å². The van der Waals surface area contributed by atoms with E-state index in [9.17, 15) is 9.59 Å². The Kier molecular flexibility index (Phi) is 4.98. The van der Waals surface area contributed by atoms with Crippen LogP contribution in [-0.2, 0) is 9.59 Å². The summed E-state index contributed by atoms with van der Waals surface area (Å²) in [6.45, 7) is 5.22. The summed E-state index contributed by atoms with van der Waals surface area (Å²) in [6, 6.07) is 1.71. The third-order valence-electron chi connectivity index (χ3n) is 3.43. The first kappa shape index (κ1) is 15.8. The highest BCUT2D eigenvalue weighted by Gasteiger charge is 2.31. The second kappa shape index (κ2) is 6.93. The van der Waals surface area contributed by atoms with Gasteiger partial charge in [0.05, 0.1) is 12.1 Å². The number of rotatable bonds is 5. The van der Waals surface area contributed by atoms with Gasteiger partial charge in [0.25, 0.3) is 0 Å². The largest absolute Gasteiger partial charge is 0.296 e. The van der Waals surface area contributed by atoms with E-state index in [1.54, 1.807) is 51.6 Å².